The lowest BCUT2D eigenvalue weighted by Crippen LogP contribution is -2.35. The van der Waals surface area contributed by atoms with E-state index in [9.17, 15) is 14.4 Å². The zero-order valence-electron chi connectivity index (χ0n) is 14.8. The molecule has 28 heavy (non-hydrogen) atoms. The normalized spacial score (nSPS) is 18.3. The van der Waals surface area contributed by atoms with Crippen molar-refractivity contribution in [3.8, 4) is 0 Å². The Kier molecular flexibility index (Phi) is 4.74. The third-order valence-electron chi connectivity index (χ3n) is 4.37. The number of aryl methyl sites for hydroxylation is 1. The monoisotopic (exact) mass is 409 g/mol. The van der Waals surface area contributed by atoms with Gasteiger partial charge in [0.05, 0.1) is 16.2 Å². The molecule has 0 aromatic heterocycles. The first-order valence-electron chi connectivity index (χ1n) is 8.49. The van der Waals surface area contributed by atoms with Crippen LogP contribution < -0.4 is 15.5 Å². The molecule has 3 amide bonds. The van der Waals surface area contributed by atoms with Crippen LogP contribution in [0.3, 0.4) is 0 Å². The van der Waals surface area contributed by atoms with Gasteiger partial charge >= 0.3 is 0 Å². The summed E-state index contributed by atoms with van der Waals surface area (Å²) in [7, 11) is 0. The molecule has 1 fully saturated rings. The fraction of sp³-hybridized carbons (Fsp3) is 0.100. The Morgan fingerprint density at radius 1 is 1.18 bits per heavy atom. The predicted octanol–water partition coefficient (Wildman–Crippen LogP) is 2.84. The Balaban J connectivity index is 1.64. The smallest absolute Gasteiger partial charge is 0.264 e. The van der Waals surface area contributed by atoms with Crippen LogP contribution in [0, 0.1) is 6.92 Å². The molecule has 0 spiro atoms. The number of amides is 3. The molecule has 1 saturated heterocycles. The number of benzene rings is 2. The van der Waals surface area contributed by atoms with Gasteiger partial charge in [0.1, 0.15) is 10.9 Å². The summed E-state index contributed by atoms with van der Waals surface area (Å²) < 4.78 is 0.313. The molecular weight excluding hydrogens is 394 g/mol. The van der Waals surface area contributed by atoms with Gasteiger partial charge in [-0.05, 0) is 30.7 Å². The van der Waals surface area contributed by atoms with Crippen molar-refractivity contribution in [2.75, 3.05) is 16.8 Å². The Morgan fingerprint density at radius 2 is 1.96 bits per heavy atom. The van der Waals surface area contributed by atoms with Crippen LogP contribution in [-0.2, 0) is 14.4 Å². The van der Waals surface area contributed by atoms with Gasteiger partial charge in [-0.15, -0.1) is 0 Å². The summed E-state index contributed by atoms with van der Waals surface area (Å²) >= 11 is 6.10. The number of rotatable bonds is 3. The van der Waals surface area contributed by atoms with Gasteiger partial charge in [-0.1, -0.05) is 54.3 Å². The third-order valence-corrected chi connectivity index (χ3v) is 5.60. The highest BCUT2D eigenvalue weighted by Crippen LogP contribution is 2.42. The predicted molar refractivity (Wildman–Crippen MR) is 114 cm³/mol. The van der Waals surface area contributed by atoms with Gasteiger partial charge < -0.3 is 10.6 Å². The van der Waals surface area contributed by atoms with Crippen LogP contribution in [0.2, 0.25) is 0 Å². The van der Waals surface area contributed by atoms with E-state index >= 15 is 0 Å². The topological polar surface area (TPSA) is 78.5 Å². The van der Waals surface area contributed by atoms with Crippen LogP contribution in [0.15, 0.2) is 53.4 Å². The number of hydrogen-bond donors (Lipinski definition) is 2. The molecule has 2 aromatic carbocycles. The molecule has 0 bridgehead atoms. The number of carbonyl (C=O) groups excluding carboxylic acids is 3. The maximum atomic E-state index is 13.1. The summed E-state index contributed by atoms with van der Waals surface area (Å²) in [4.78, 5) is 39.5. The third kappa shape index (κ3) is 3.32. The molecule has 0 unspecified atom stereocenters. The number of para-hydroxylation sites is 1. The molecule has 2 aliphatic heterocycles. The minimum atomic E-state index is -0.390. The largest absolute Gasteiger partial charge is 0.325 e. The highest BCUT2D eigenvalue weighted by molar-refractivity contribution is 8.27. The van der Waals surface area contributed by atoms with Crippen molar-refractivity contribution in [2.45, 2.75) is 6.92 Å². The summed E-state index contributed by atoms with van der Waals surface area (Å²) in [5.74, 6) is -1.10. The zero-order chi connectivity index (χ0) is 19.8. The second-order valence-corrected chi connectivity index (χ2v) is 8.06. The number of thioether (sulfide) groups is 1. The number of fused-ring (bicyclic) bond motifs is 1. The van der Waals surface area contributed by atoms with Crippen molar-refractivity contribution in [3.05, 3.63) is 64.6 Å². The number of nitrogens with one attached hydrogen (secondary N) is 2. The lowest BCUT2D eigenvalue weighted by atomic mass is 10.1. The van der Waals surface area contributed by atoms with E-state index < -0.39 is 0 Å². The van der Waals surface area contributed by atoms with E-state index in [1.54, 1.807) is 30.3 Å². The minimum Gasteiger partial charge on any atom is -0.325 e. The van der Waals surface area contributed by atoms with Gasteiger partial charge in [0.25, 0.3) is 11.8 Å². The summed E-state index contributed by atoms with van der Waals surface area (Å²) in [6.45, 7) is 1.78. The summed E-state index contributed by atoms with van der Waals surface area (Å²) in [6, 6.07) is 14.5. The van der Waals surface area contributed by atoms with Crippen molar-refractivity contribution >= 4 is 63.0 Å². The molecule has 0 aliphatic carbocycles. The maximum absolute atomic E-state index is 13.1. The molecule has 2 heterocycles. The average molecular weight is 409 g/mol. The molecule has 4 rings (SSSR count). The van der Waals surface area contributed by atoms with E-state index in [4.69, 9.17) is 12.2 Å². The first kappa shape index (κ1) is 18.4. The lowest BCUT2D eigenvalue weighted by molar-refractivity contribution is -0.118. The van der Waals surface area contributed by atoms with Crippen LogP contribution in [0.25, 0.3) is 5.57 Å². The van der Waals surface area contributed by atoms with E-state index in [-0.39, 0.29) is 34.7 Å². The van der Waals surface area contributed by atoms with Crippen LogP contribution in [0.5, 0.6) is 0 Å². The van der Waals surface area contributed by atoms with Crippen molar-refractivity contribution in [1.29, 1.82) is 0 Å². The number of carbonyl (C=O) groups is 3. The molecule has 140 valence electrons. The molecule has 2 aliphatic rings. The number of anilines is 2. The Morgan fingerprint density at radius 3 is 2.68 bits per heavy atom. The van der Waals surface area contributed by atoms with Crippen LogP contribution in [0.4, 0.5) is 11.4 Å². The highest BCUT2D eigenvalue weighted by atomic mass is 32.2. The molecular formula is C20H15N3O3S2. The van der Waals surface area contributed by atoms with E-state index in [0.29, 0.717) is 21.3 Å². The number of nitrogens with zero attached hydrogens (tertiary/aromatic N) is 1. The Labute approximate surface area is 171 Å². The fourth-order valence-electron chi connectivity index (χ4n) is 3.20. The number of thiocarbonyl (C=S) groups is 1. The summed E-state index contributed by atoms with van der Waals surface area (Å²) in [5, 5.41) is 5.34. The van der Waals surface area contributed by atoms with Gasteiger partial charge in [0.15, 0.2) is 0 Å². The second-order valence-electron chi connectivity index (χ2n) is 6.37. The van der Waals surface area contributed by atoms with Crippen molar-refractivity contribution in [3.63, 3.8) is 0 Å². The number of hydrogen-bond acceptors (Lipinski definition) is 5. The molecule has 2 aromatic rings. The standard InChI is InChI=1S/C20H15N3O3S2/c1-11-5-4-6-12(9-11)21-15(24)10-23-14-8-3-2-7-13(14)16(19(23)26)17-18(25)22-20(27)28-17/h2-9H,10H2,1H3,(H,21,24)(H,22,25,27). The Hall–Kier alpha value is -2.97. The molecule has 8 heteroatoms. The first-order chi connectivity index (χ1) is 13.4. The average Bonchev–Trinajstić information content (AvgIpc) is 3.11. The highest BCUT2D eigenvalue weighted by Gasteiger charge is 2.39. The molecule has 0 atom stereocenters. The molecule has 2 N–H and O–H groups in total. The van der Waals surface area contributed by atoms with Crippen LogP contribution >= 0.6 is 24.0 Å². The van der Waals surface area contributed by atoms with Crippen molar-refractivity contribution < 1.29 is 14.4 Å². The zero-order valence-corrected chi connectivity index (χ0v) is 16.4. The van der Waals surface area contributed by atoms with Crippen LogP contribution in [0.1, 0.15) is 11.1 Å². The fourth-order valence-corrected chi connectivity index (χ4v) is 4.32. The first-order valence-corrected chi connectivity index (χ1v) is 9.72. The van der Waals surface area contributed by atoms with E-state index in [0.717, 1.165) is 17.3 Å². The quantitative estimate of drug-likeness (QED) is 0.602. The molecule has 0 radical (unpaired) electrons. The van der Waals surface area contributed by atoms with E-state index in [1.807, 2.05) is 25.1 Å². The van der Waals surface area contributed by atoms with E-state index in [2.05, 4.69) is 10.6 Å². The Bertz CT molecular complexity index is 1080. The van der Waals surface area contributed by atoms with Gasteiger partial charge in [0.2, 0.25) is 5.91 Å². The maximum Gasteiger partial charge on any atom is 0.264 e. The molecule has 6 nitrogen and oxygen atoms in total. The second kappa shape index (κ2) is 7.21. The molecule has 0 saturated carbocycles. The lowest BCUT2D eigenvalue weighted by Gasteiger charge is -2.17. The van der Waals surface area contributed by atoms with Gasteiger partial charge in [0, 0.05) is 11.3 Å². The summed E-state index contributed by atoms with van der Waals surface area (Å²) in [5.41, 5.74) is 3.19. The van der Waals surface area contributed by atoms with Gasteiger partial charge in [-0.2, -0.15) is 0 Å². The van der Waals surface area contributed by atoms with E-state index in [1.165, 1.54) is 4.90 Å². The van der Waals surface area contributed by atoms with Crippen LogP contribution in [-0.4, -0.2) is 28.6 Å². The SMILES string of the molecule is Cc1cccc(NC(=O)CN2C(=O)C(=C3SC(=S)NC3=O)c3ccccc32)c1. The van der Waals surface area contributed by atoms with Gasteiger partial charge in [-0.25, -0.2) is 0 Å². The minimum absolute atomic E-state index is 0.155. The van der Waals surface area contributed by atoms with Gasteiger partial charge in [-0.3, -0.25) is 19.3 Å². The van der Waals surface area contributed by atoms with Crippen molar-refractivity contribution in [2.24, 2.45) is 0 Å². The summed E-state index contributed by atoms with van der Waals surface area (Å²) in [6.07, 6.45) is 0. The van der Waals surface area contributed by atoms with Crippen molar-refractivity contribution in [1.82, 2.24) is 5.32 Å².